The molecule has 4 rings (SSSR count). The number of anilines is 1. The maximum absolute atomic E-state index is 12.4. The van der Waals surface area contributed by atoms with Crippen molar-refractivity contribution in [3.8, 4) is 0 Å². The standard InChI is InChI=1S/C14H9NOS/c16-13-9-5-1-2-6-10(9)14-15(13)11-7-3-4-8-12(11)17-14/h1-8,14H. The van der Waals surface area contributed by atoms with Crippen molar-refractivity contribution in [3.05, 3.63) is 59.7 Å². The van der Waals surface area contributed by atoms with Gasteiger partial charge in [0.05, 0.1) is 5.69 Å². The molecule has 2 aliphatic rings. The molecule has 2 aliphatic heterocycles. The van der Waals surface area contributed by atoms with E-state index in [4.69, 9.17) is 0 Å². The topological polar surface area (TPSA) is 20.3 Å². The molecule has 0 aromatic heterocycles. The van der Waals surface area contributed by atoms with E-state index in [1.54, 1.807) is 11.8 Å². The molecule has 0 fully saturated rings. The van der Waals surface area contributed by atoms with Gasteiger partial charge >= 0.3 is 0 Å². The minimum Gasteiger partial charge on any atom is -0.290 e. The molecule has 0 aliphatic carbocycles. The number of hydrogen-bond acceptors (Lipinski definition) is 2. The first-order chi connectivity index (χ1) is 8.36. The lowest BCUT2D eigenvalue weighted by Gasteiger charge is -2.15. The molecule has 0 saturated carbocycles. The van der Waals surface area contributed by atoms with Gasteiger partial charge in [-0.3, -0.25) is 9.69 Å². The van der Waals surface area contributed by atoms with Crippen LogP contribution in [0.4, 0.5) is 5.69 Å². The zero-order valence-corrected chi connectivity index (χ0v) is 9.78. The average Bonchev–Trinajstić information content (AvgIpc) is 2.88. The highest BCUT2D eigenvalue weighted by Gasteiger charge is 2.43. The molecule has 2 nitrogen and oxygen atoms in total. The molecule has 82 valence electrons. The normalized spacial score (nSPS) is 20.1. The smallest absolute Gasteiger partial charge is 0.259 e. The van der Waals surface area contributed by atoms with Crippen LogP contribution < -0.4 is 4.90 Å². The number of benzene rings is 2. The zero-order chi connectivity index (χ0) is 11.4. The van der Waals surface area contributed by atoms with E-state index in [1.165, 1.54) is 4.90 Å². The van der Waals surface area contributed by atoms with Gasteiger partial charge in [-0.25, -0.2) is 0 Å². The van der Waals surface area contributed by atoms with E-state index in [9.17, 15) is 4.79 Å². The third-order valence-electron chi connectivity index (χ3n) is 3.27. The van der Waals surface area contributed by atoms with E-state index in [2.05, 4.69) is 12.1 Å². The largest absolute Gasteiger partial charge is 0.290 e. The van der Waals surface area contributed by atoms with Crippen LogP contribution >= 0.6 is 11.8 Å². The van der Waals surface area contributed by atoms with Gasteiger partial charge in [-0.05, 0) is 23.8 Å². The fourth-order valence-electron chi connectivity index (χ4n) is 2.51. The Morgan fingerprint density at radius 1 is 1.00 bits per heavy atom. The van der Waals surface area contributed by atoms with Gasteiger partial charge < -0.3 is 0 Å². The fourth-order valence-corrected chi connectivity index (χ4v) is 3.84. The molecule has 0 N–H and O–H groups in total. The summed E-state index contributed by atoms with van der Waals surface area (Å²) in [6.45, 7) is 0. The van der Waals surface area contributed by atoms with Gasteiger partial charge in [0.15, 0.2) is 0 Å². The maximum Gasteiger partial charge on any atom is 0.259 e. The first-order valence-corrected chi connectivity index (χ1v) is 6.42. The second-order valence-corrected chi connectivity index (χ2v) is 5.32. The minimum absolute atomic E-state index is 0.128. The number of amides is 1. The molecule has 0 radical (unpaired) electrons. The predicted molar refractivity (Wildman–Crippen MR) is 68.3 cm³/mol. The molecule has 0 saturated heterocycles. The number of para-hydroxylation sites is 1. The Morgan fingerprint density at radius 3 is 2.71 bits per heavy atom. The van der Waals surface area contributed by atoms with Gasteiger partial charge in [-0.1, -0.05) is 42.1 Å². The monoisotopic (exact) mass is 239 g/mol. The molecule has 2 aromatic rings. The summed E-state index contributed by atoms with van der Waals surface area (Å²) in [7, 11) is 0. The van der Waals surface area contributed by atoms with Crippen LogP contribution in [0.15, 0.2) is 53.4 Å². The van der Waals surface area contributed by atoms with Crippen LogP contribution in [0.3, 0.4) is 0 Å². The van der Waals surface area contributed by atoms with Crippen LogP contribution in [0, 0.1) is 0 Å². The lowest BCUT2D eigenvalue weighted by atomic mass is 10.1. The first kappa shape index (κ1) is 9.31. The zero-order valence-electron chi connectivity index (χ0n) is 8.96. The van der Waals surface area contributed by atoms with Crippen LogP contribution in [0.1, 0.15) is 21.3 Å². The van der Waals surface area contributed by atoms with Gasteiger partial charge in [0.1, 0.15) is 5.37 Å². The van der Waals surface area contributed by atoms with E-state index < -0.39 is 0 Å². The molecular weight excluding hydrogens is 230 g/mol. The number of carbonyl (C=O) groups is 1. The van der Waals surface area contributed by atoms with Gasteiger partial charge in [0.2, 0.25) is 0 Å². The fraction of sp³-hybridized carbons (Fsp3) is 0.0714. The molecule has 3 heteroatoms. The van der Waals surface area contributed by atoms with Gasteiger partial charge in [0.25, 0.3) is 5.91 Å². The van der Waals surface area contributed by atoms with E-state index in [0.29, 0.717) is 0 Å². The highest BCUT2D eigenvalue weighted by atomic mass is 32.2. The average molecular weight is 239 g/mol. The van der Waals surface area contributed by atoms with Crippen molar-refractivity contribution in [3.63, 3.8) is 0 Å². The second-order valence-electron chi connectivity index (χ2n) is 4.20. The number of rotatable bonds is 0. The molecular formula is C14H9NOS. The third-order valence-corrected chi connectivity index (χ3v) is 4.56. The Morgan fingerprint density at radius 2 is 1.76 bits per heavy atom. The van der Waals surface area contributed by atoms with Crippen molar-refractivity contribution in [2.45, 2.75) is 10.3 Å². The molecule has 2 aromatic carbocycles. The van der Waals surface area contributed by atoms with Gasteiger partial charge in [0, 0.05) is 10.5 Å². The molecule has 17 heavy (non-hydrogen) atoms. The molecule has 2 heterocycles. The number of fused-ring (bicyclic) bond motifs is 5. The SMILES string of the molecule is O=C1c2ccccc2C2Sc3ccccc3N12. The molecule has 0 bridgehead atoms. The maximum atomic E-state index is 12.4. The van der Waals surface area contributed by atoms with Crippen LogP contribution in [-0.2, 0) is 0 Å². The van der Waals surface area contributed by atoms with Crippen molar-refractivity contribution >= 4 is 23.4 Å². The Bertz CT molecular complexity index is 638. The summed E-state index contributed by atoms with van der Waals surface area (Å²) >= 11 is 1.76. The summed E-state index contributed by atoms with van der Waals surface area (Å²) in [6.07, 6.45) is 0. The number of nitrogens with zero attached hydrogens (tertiary/aromatic N) is 1. The van der Waals surface area contributed by atoms with Crippen LogP contribution in [0.2, 0.25) is 0 Å². The van der Waals surface area contributed by atoms with Crippen molar-refractivity contribution in [2.24, 2.45) is 0 Å². The molecule has 1 unspecified atom stereocenters. The summed E-state index contributed by atoms with van der Waals surface area (Å²) in [5.74, 6) is 0.128. The Hall–Kier alpha value is -1.74. The Labute approximate surface area is 103 Å². The van der Waals surface area contributed by atoms with E-state index in [0.717, 1.165) is 16.8 Å². The minimum atomic E-state index is 0.128. The number of carbonyl (C=O) groups excluding carboxylic acids is 1. The molecule has 1 atom stereocenters. The number of hydrogen-bond donors (Lipinski definition) is 0. The Balaban J connectivity index is 1.94. The van der Waals surface area contributed by atoms with E-state index in [1.807, 2.05) is 41.3 Å². The van der Waals surface area contributed by atoms with Crippen molar-refractivity contribution < 1.29 is 4.79 Å². The van der Waals surface area contributed by atoms with E-state index in [-0.39, 0.29) is 11.3 Å². The summed E-state index contributed by atoms with van der Waals surface area (Å²) in [4.78, 5) is 15.5. The van der Waals surface area contributed by atoms with Gasteiger partial charge in [-0.15, -0.1) is 0 Å². The highest BCUT2D eigenvalue weighted by Crippen LogP contribution is 2.55. The Kier molecular flexibility index (Phi) is 1.72. The van der Waals surface area contributed by atoms with Crippen LogP contribution in [0.5, 0.6) is 0 Å². The summed E-state index contributed by atoms with van der Waals surface area (Å²) in [6, 6.07) is 16.0. The van der Waals surface area contributed by atoms with Crippen LogP contribution in [0.25, 0.3) is 0 Å². The quantitative estimate of drug-likeness (QED) is 0.701. The van der Waals surface area contributed by atoms with Gasteiger partial charge in [-0.2, -0.15) is 0 Å². The van der Waals surface area contributed by atoms with Crippen LogP contribution in [-0.4, -0.2) is 5.91 Å². The molecule has 1 amide bonds. The van der Waals surface area contributed by atoms with Crippen molar-refractivity contribution in [1.29, 1.82) is 0 Å². The first-order valence-electron chi connectivity index (χ1n) is 5.54. The van der Waals surface area contributed by atoms with Crippen molar-refractivity contribution in [2.75, 3.05) is 4.90 Å². The second kappa shape index (κ2) is 3.14. The predicted octanol–water partition coefficient (Wildman–Crippen LogP) is 3.45. The number of thioether (sulfide) groups is 1. The summed E-state index contributed by atoms with van der Waals surface area (Å²) in [5.41, 5.74) is 3.03. The highest BCUT2D eigenvalue weighted by molar-refractivity contribution is 8.00. The molecule has 0 spiro atoms. The summed E-state index contributed by atoms with van der Waals surface area (Å²) in [5, 5.41) is 0.135. The lowest BCUT2D eigenvalue weighted by Crippen LogP contribution is -2.22. The summed E-state index contributed by atoms with van der Waals surface area (Å²) < 4.78 is 0. The van der Waals surface area contributed by atoms with Crippen molar-refractivity contribution in [1.82, 2.24) is 0 Å². The third kappa shape index (κ3) is 1.09. The van der Waals surface area contributed by atoms with E-state index >= 15 is 0 Å². The lowest BCUT2D eigenvalue weighted by molar-refractivity contribution is 0.0996.